The van der Waals surface area contributed by atoms with E-state index < -0.39 is 6.09 Å². The number of ketones is 1. The van der Waals surface area contributed by atoms with E-state index >= 15 is 0 Å². The van der Waals surface area contributed by atoms with Crippen LogP contribution in [-0.4, -0.2) is 18.5 Å². The second-order valence-electron chi connectivity index (χ2n) is 8.52. The van der Waals surface area contributed by atoms with Crippen molar-refractivity contribution in [2.75, 3.05) is 11.5 Å². The summed E-state index contributed by atoms with van der Waals surface area (Å²) in [4.78, 5) is 27.7. The fraction of sp³-hybridized carbons (Fsp3) is 0.0323. The van der Waals surface area contributed by atoms with Crippen molar-refractivity contribution in [3.63, 3.8) is 0 Å². The van der Waals surface area contributed by atoms with E-state index in [4.69, 9.17) is 14.2 Å². The van der Waals surface area contributed by atoms with Gasteiger partial charge in [-0.3, -0.25) is 4.79 Å². The summed E-state index contributed by atoms with van der Waals surface area (Å²) in [6.07, 6.45) is 3.08. The van der Waals surface area contributed by atoms with Crippen molar-refractivity contribution in [3.05, 3.63) is 132 Å². The Morgan fingerprint density at radius 3 is 2.22 bits per heavy atom. The number of nitrogens with zero attached hydrogens (tertiary/aromatic N) is 1. The molecule has 0 N–H and O–H groups in total. The number of rotatable bonds is 4. The number of carbonyl (C=O) groups excluding carboxylic acids is 2. The molecule has 37 heavy (non-hydrogen) atoms. The van der Waals surface area contributed by atoms with Crippen LogP contribution in [0.5, 0.6) is 17.2 Å². The van der Waals surface area contributed by atoms with Crippen molar-refractivity contribution >= 4 is 29.3 Å². The second kappa shape index (κ2) is 9.51. The number of Topliss-reactive ketones (excluding diaryl/α,β-unsaturated/α-hetero) is 1. The number of para-hydroxylation sites is 3. The van der Waals surface area contributed by atoms with Crippen LogP contribution in [0.15, 0.2) is 121 Å². The molecule has 0 radical (unpaired) electrons. The maximum absolute atomic E-state index is 13.3. The Morgan fingerprint density at radius 2 is 1.49 bits per heavy atom. The van der Waals surface area contributed by atoms with Crippen LogP contribution < -0.4 is 19.1 Å². The van der Waals surface area contributed by atoms with E-state index in [0.29, 0.717) is 29.3 Å². The maximum atomic E-state index is 13.3. The number of ether oxygens (including phenoxy) is 3. The Morgan fingerprint density at radius 1 is 0.811 bits per heavy atom. The summed E-state index contributed by atoms with van der Waals surface area (Å²) in [5, 5.41) is 0. The van der Waals surface area contributed by atoms with Gasteiger partial charge in [0.05, 0.1) is 16.9 Å². The molecule has 0 spiro atoms. The molecule has 6 heteroatoms. The lowest BCUT2D eigenvalue weighted by atomic mass is 10.1. The smallest absolute Gasteiger partial charge is 0.424 e. The fourth-order valence-electron chi connectivity index (χ4n) is 4.28. The summed E-state index contributed by atoms with van der Waals surface area (Å²) in [7, 11) is 0. The van der Waals surface area contributed by atoms with Crippen LogP contribution in [-0.2, 0) is 0 Å². The van der Waals surface area contributed by atoms with Gasteiger partial charge in [-0.15, -0.1) is 0 Å². The third kappa shape index (κ3) is 4.48. The van der Waals surface area contributed by atoms with Gasteiger partial charge < -0.3 is 14.2 Å². The Hall–Kier alpha value is -5.10. The van der Waals surface area contributed by atoms with Crippen LogP contribution in [0.3, 0.4) is 0 Å². The molecule has 0 unspecified atom stereocenters. The molecule has 0 atom stereocenters. The van der Waals surface area contributed by atoms with Crippen molar-refractivity contribution in [2.24, 2.45) is 0 Å². The molecule has 0 aromatic heterocycles. The zero-order valence-electron chi connectivity index (χ0n) is 19.7. The van der Waals surface area contributed by atoms with Gasteiger partial charge in [0.2, 0.25) is 5.78 Å². The van der Waals surface area contributed by atoms with E-state index in [9.17, 15) is 9.59 Å². The van der Waals surface area contributed by atoms with Gasteiger partial charge in [0.25, 0.3) is 0 Å². The monoisotopic (exact) mass is 487 g/mol. The van der Waals surface area contributed by atoms with E-state index in [1.54, 1.807) is 24.3 Å². The van der Waals surface area contributed by atoms with E-state index in [-0.39, 0.29) is 17.3 Å². The molecule has 4 aromatic rings. The molecule has 2 aliphatic rings. The minimum absolute atomic E-state index is 0.197. The molecule has 6 nitrogen and oxygen atoms in total. The standard InChI is InChI=1S/C31H21NO5/c33-30-26-16-15-25(36-31(34)32(23-10-3-1-4-11-23)24-12-5-2-6-13-24)19-28(26)37-29(30)18-21-17-22-9-7-8-14-27(22)35-20-21/h1-19H,20H2/b29-18-. The molecular weight excluding hydrogens is 466 g/mol. The van der Waals surface area contributed by atoms with Gasteiger partial charge in [-0.25, -0.2) is 9.69 Å². The number of hydrogen-bond donors (Lipinski definition) is 0. The molecule has 2 aliphatic heterocycles. The number of benzene rings is 4. The first-order chi connectivity index (χ1) is 18.2. The topological polar surface area (TPSA) is 65.1 Å². The van der Waals surface area contributed by atoms with Crippen LogP contribution in [0, 0.1) is 0 Å². The summed E-state index contributed by atoms with van der Waals surface area (Å²) in [5.41, 5.74) is 3.51. The average molecular weight is 488 g/mol. The SMILES string of the molecule is O=C1/C(=C/C2=Cc3ccccc3OC2)Oc2cc(OC(=O)N(c3ccccc3)c3ccccc3)ccc21. The van der Waals surface area contributed by atoms with E-state index in [1.165, 1.54) is 4.90 Å². The van der Waals surface area contributed by atoms with Crippen LogP contribution in [0.1, 0.15) is 15.9 Å². The first-order valence-electron chi connectivity index (χ1n) is 11.8. The lowest BCUT2D eigenvalue weighted by Crippen LogP contribution is -2.29. The number of allylic oxidation sites excluding steroid dienone is 1. The van der Waals surface area contributed by atoms with E-state index in [1.807, 2.05) is 91.0 Å². The van der Waals surface area contributed by atoms with Crippen molar-refractivity contribution in [1.29, 1.82) is 0 Å². The third-order valence-corrected chi connectivity index (χ3v) is 6.03. The van der Waals surface area contributed by atoms with Crippen LogP contribution >= 0.6 is 0 Å². The van der Waals surface area contributed by atoms with Gasteiger partial charge in [-0.1, -0.05) is 54.6 Å². The molecule has 0 saturated heterocycles. The van der Waals surface area contributed by atoms with Gasteiger partial charge in [0.15, 0.2) is 5.76 Å². The van der Waals surface area contributed by atoms with E-state index in [0.717, 1.165) is 16.9 Å². The minimum Gasteiger partial charge on any atom is -0.488 e. The molecule has 4 aromatic carbocycles. The van der Waals surface area contributed by atoms with Crippen molar-refractivity contribution in [3.8, 4) is 17.2 Å². The predicted molar refractivity (Wildman–Crippen MR) is 140 cm³/mol. The summed E-state index contributed by atoms with van der Waals surface area (Å²) < 4.78 is 17.4. The lowest BCUT2D eigenvalue weighted by Gasteiger charge is -2.22. The molecule has 2 heterocycles. The van der Waals surface area contributed by atoms with Crippen LogP contribution in [0.25, 0.3) is 6.08 Å². The first kappa shape index (κ1) is 22.4. The molecule has 0 saturated carbocycles. The van der Waals surface area contributed by atoms with Crippen LogP contribution in [0.2, 0.25) is 0 Å². The van der Waals surface area contributed by atoms with Gasteiger partial charge in [0, 0.05) is 11.6 Å². The van der Waals surface area contributed by atoms with Crippen molar-refractivity contribution in [1.82, 2.24) is 0 Å². The molecular formula is C31H21NO5. The van der Waals surface area contributed by atoms with Gasteiger partial charge in [-0.05, 0) is 60.2 Å². The molecule has 180 valence electrons. The fourth-order valence-corrected chi connectivity index (χ4v) is 4.28. The zero-order chi connectivity index (χ0) is 25.2. The zero-order valence-corrected chi connectivity index (χ0v) is 19.7. The third-order valence-electron chi connectivity index (χ3n) is 6.03. The number of fused-ring (bicyclic) bond motifs is 2. The second-order valence-corrected chi connectivity index (χ2v) is 8.52. The minimum atomic E-state index is -0.583. The Balaban J connectivity index is 1.24. The van der Waals surface area contributed by atoms with Gasteiger partial charge in [0.1, 0.15) is 23.9 Å². The molecule has 1 amide bonds. The first-order valence-corrected chi connectivity index (χ1v) is 11.8. The number of anilines is 2. The molecule has 0 bridgehead atoms. The highest BCUT2D eigenvalue weighted by molar-refractivity contribution is 6.12. The lowest BCUT2D eigenvalue weighted by molar-refractivity contribution is 0.101. The average Bonchev–Trinajstić information content (AvgIpc) is 3.24. The Labute approximate surface area is 213 Å². The molecule has 0 aliphatic carbocycles. The predicted octanol–water partition coefficient (Wildman–Crippen LogP) is 6.96. The largest absolute Gasteiger partial charge is 0.488 e. The number of hydrogen-bond acceptors (Lipinski definition) is 5. The normalized spacial score (nSPS) is 14.6. The number of amides is 1. The summed E-state index contributed by atoms with van der Waals surface area (Å²) in [6, 6.07) is 31.0. The quantitative estimate of drug-likeness (QED) is 0.291. The number of carbonyl (C=O) groups is 2. The van der Waals surface area contributed by atoms with E-state index in [2.05, 4.69) is 0 Å². The van der Waals surface area contributed by atoms with Gasteiger partial charge >= 0.3 is 6.09 Å². The summed E-state index contributed by atoms with van der Waals surface area (Å²) in [5.74, 6) is 1.37. The highest BCUT2D eigenvalue weighted by Crippen LogP contribution is 2.36. The molecule has 0 fully saturated rings. The summed E-state index contributed by atoms with van der Waals surface area (Å²) >= 11 is 0. The highest BCUT2D eigenvalue weighted by Gasteiger charge is 2.29. The van der Waals surface area contributed by atoms with Crippen molar-refractivity contribution < 1.29 is 23.8 Å². The molecule has 6 rings (SSSR count). The maximum Gasteiger partial charge on any atom is 0.424 e. The van der Waals surface area contributed by atoms with Gasteiger partial charge in [-0.2, -0.15) is 0 Å². The van der Waals surface area contributed by atoms with Crippen molar-refractivity contribution in [2.45, 2.75) is 0 Å². The Bertz CT molecular complexity index is 1520. The van der Waals surface area contributed by atoms with Crippen LogP contribution in [0.4, 0.5) is 16.2 Å². The summed E-state index contributed by atoms with van der Waals surface area (Å²) in [6.45, 7) is 0.338. The Kier molecular flexibility index (Phi) is 5.75. The highest BCUT2D eigenvalue weighted by atomic mass is 16.6.